The molecule has 1 aliphatic heterocycles. The summed E-state index contributed by atoms with van der Waals surface area (Å²) >= 11 is 0. The molecule has 1 saturated heterocycles. The molecule has 7 heteroatoms. The van der Waals surface area contributed by atoms with Gasteiger partial charge in [0.15, 0.2) is 17.2 Å². The highest BCUT2D eigenvalue weighted by atomic mass is 19.1. The number of carbonyl (C=O) groups excluding carboxylic acids is 1. The van der Waals surface area contributed by atoms with Gasteiger partial charge in [0, 0.05) is 49.2 Å². The molecule has 0 bridgehead atoms. The van der Waals surface area contributed by atoms with Crippen molar-refractivity contribution in [2.75, 3.05) is 40.4 Å². The van der Waals surface area contributed by atoms with Crippen molar-refractivity contribution in [1.29, 1.82) is 0 Å². The molecule has 0 atom stereocenters. The number of hydrogen-bond donors (Lipinski definition) is 0. The van der Waals surface area contributed by atoms with Gasteiger partial charge in [0.1, 0.15) is 11.5 Å². The van der Waals surface area contributed by atoms with Crippen molar-refractivity contribution < 1.29 is 23.1 Å². The first kappa shape index (κ1) is 20.2. The van der Waals surface area contributed by atoms with Crippen molar-refractivity contribution >= 4 is 16.9 Å². The molecule has 4 rings (SSSR count). The molecule has 6 nitrogen and oxygen atoms in total. The number of piperazine rings is 1. The van der Waals surface area contributed by atoms with E-state index in [9.17, 15) is 9.18 Å². The SMILES string of the molecule is COc1ccc(OC)c(CN2CCN(C(=O)c3oc4c(F)cccc4c3C)CC2)c1. The second-order valence-electron chi connectivity index (χ2n) is 7.42. The Bertz CT molecular complexity index is 1070. The number of fused-ring (bicyclic) bond motifs is 1. The zero-order chi connectivity index (χ0) is 21.3. The molecule has 2 heterocycles. The lowest BCUT2D eigenvalue weighted by Crippen LogP contribution is -2.48. The van der Waals surface area contributed by atoms with Crippen LogP contribution in [-0.2, 0) is 6.54 Å². The first-order valence-electron chi connectivity index (χ1n) is 9.92. The van der Waals surface area contributed by atoms with Gasteiger partial charge in [-0.1, -0.05) is 12.1 Å². The van der Waals surface area contributed by atoms with Gasteiger partial charge in [-0.15, -0.1) is 0 Å². The lowest BCUT2D eigenvalue weighted by Gasteiger charge is -2.34. The van der Waals surface area contributed by atoms with E-state index in [-0.39, 0.29) is 17.3 Å². The fourth-order valence-corrected chi connectivity index (χ4v) is 3.91. The molecule has 0 radical (unpaired) electrons. The second-order valence-corrected chi connectivity index (χ2v) is 7.42. The summed E-state index contributed by atoms with van der Waals surface area (Å²) in [5.74, 6) is 1.17. The maximum Gasteiger partial charge on any atom is 0.289 e. The highest BCUT2D eigenvalue weighted by Gasteiger charge is 2.27. The fourth-order valence-electron chi connectivity index (χ4n) is 3.91. The summed E-state index contributed by atoms with van der Waals surface area (Å²) in [7, 11) is 3.29. The largest absolute Gasteiger partial charge is 0.497 e. The summed E-state index contributed by atoms with van der Waals surface area (Å²) in [4.78, 5) is 17.0. The molecule has 3 aromatic rings. The second kappa shape index (κ2) is 8.36. The van der Waals surface area contributed by atoms with E-state index in [1.807, 2.05) is 18.2 Å². The third kappa shape index (κ3) is 3.73. The number of benzene rings is 2. The number of nitrogens with zero attached hydrogens (tertiary/aromatic N) is 2. The monoisotopic (exact) mass is 412 g/mol. The Morgan fingerprint density at radius 1 is 1.10 bits per heavy atom. The predicted octanol–water partition coefficient (Wildman–Crippen LogP) is 3.86. The van der Waals surface area contributed by atoms with E-state index in [0.717, 1.165) is 30.2 Å². The summed E-state index contributed by atoms with van der Waals surface area (Å²) in [6.45, 7) is 5.09. The number of amides is 1. The van der Waals surface area contributed by atoms with E-state index >= 15 is 0 Å². The first-order chi connectivity index (χ1) is 14.5. The molecule has 0 saturated carbocycles. The van der Waals surface area contributed by atoms with Gasteiger partial charge in [-0.3, -0.25) is 9.69 Å². The molecule has 1 aliphatic rings. The molecule has 1 amide bonds. The molecular formula is C23H25FN2O4. The molecule has 0 N–H and O–H groups in total. The van der Waals surface area contributed by atoms with Crippen LogP contribution >= 0.6 is 0 Å². The number of methoxy groups -OCH3 is 2. The number of aryl methyl sites for hydroxylation is 1. The molecule has 30 heavy (non-hydrogen) atoms. The van der Waals surface area contributed by atoms with Crippen LogP contribution in [0.25, 0.3) is 11.0 Å². The Balaban J connectivity index is 1.45. The summed E-state index contributed by atoms with van der Waals surface area (Å²) in [6, 6.07) is 10.5. The Hall–Kier alpha value is -3.06. The van der Waals surface area contributed by atoms with E-state index in [1.165, 1.54) is 6.07 Å². The van der Waals surface area contributed by atoms with E-state index in [1.54, 1.807) is 38.2 Å². The van der Waals surface area contributed by atoms with Crippen LogP contribution in [0.3, 0.4) is 0 Å². The molecule has 0 unspecified atom stereocenters. The lowest BCUT2D eigenvalue weighted by molar-refractivity contribution is 0.0598. The fraction of sp³-hybridized carbons (Fsp3) is 0.348. The smallest absolute Gasteiger partial charge is 0.289 e. The predicted molar refractivity (Wildman–Crippen MR) is 112 cm³/mol. The number of furan rings is 1. The summed E-state index contributed by atoms with van der Waals surface area (Å²) in [6.07, 6.45) is 0. The average Bonchev–Trinajstić information content (AvgIpc) is 3.11. The number of rotatable bonds is 5. The van der Waals surface area contributed by atoms with Gasteiger partial charge in [-0.25, -0.2) is 4.39 Å². The van der Waals surface area contributed by atoms with Crippen molar-refractivity contribution in [3.63, 3.8) is 0 Å². The third-order valence-corrected chi connectivity index (χ3v) is 5.65. The summed E-state index contributed by atoms with van der Waals surface area (Å²) < 4.78 is 30.4. The number of hydrogen-bond acceptors (Lipinski definition) is 5. The van der Waals surface area contributed by atoms with E-state index in [0.29, 0.717) is 30.6 Å². The van der Waals surface area contributed by atoms with Crippen LogP contribution < -0.4 is 9.47 Å². The van der Waals surface area contributed by atoms with E-state index < -0.39 is 5.82 Å². The average molecular weight is 412 g/mol. The van der Waals surface area contributed by atoms with Crippen molar-refractivity contribution in [2.24, 2.45) is 0 Å². The Labute approximate surface area is 174 Å². The normalized spacial score (nSPS) is 14.9. The van der Waals surface area contributed by atoms with Crippen LogP contribution in [-0.4, -0.2) is 56.1 Å². The van der Waals surface area contributed by atoms with Crippen molar-refractivity contribution in [3.8, 4) is 11.5 Å². The molecule has 1 aromatic heterocycles. The highest BCUT2D eigenvalue weighted by Crippen LogP contribution is 2.29. The molecule has 0 aliphatic carbocycles. The van der Waals surface area contributed by atoms with Gasteiger partial charge in [-0.2, -0.15) is 0 Å². The Morgan fingerprint density at radius 2 is 1.87 bits per heavy atom. The number of ether oxygens (including phenoxy) is 2. The quantitative estimate of drug-likeness (QED) is 0.637. The minimum absolute atomic E-state index is 0.141. The van der Waals surface area contributed by atoms with Crippen LogP contribution in [0.5, 0.6) is 11.5 Å². The molecule has 1 fully saturated rings. The first-order valence-corrected chi connectivity index (χ1v) is 9.92. The van der Waals surface area contributed by atoms with Gasteiger partial charge in [0.2, 0.25) is 0 Å². The number of carbonyl (C=O) groups is 1. The molecule has 158 valence electrons. The van der Waals surface area contributed by atoms with Crippen molar-refractivity contribution in [2.45, 2.75) is 13.5 Å². The van der Waals surface area contributed by atoms with Crippen LogP contribution in [0.2, 0.25) is 0 Å². The van der Waals surface area contributed by atoms with Gasteiger partial charge < -0.3 is 18.8 Å². The van der Waals surface area contributed by atoms with Gasteiger partial charge >= 0.3 is 0 Å². The van der Waals surface area contributed by atoms with Crippen LogP contribution in [0.4, 0.5) is 4.39 Å². The Kier molecular flexibility index (Phi) is 5.63. The topological polar surface area (TPSA) is 55.2 Å². The minimum atomic E-state index is -0.452. The summed E-state index contributed by atoms with van der Waals surface area (Å²) in [5, 5.41) is 0.641. The van der Waals surface area contributed by atoms with Crippen molar-refractivity contribution in [3.05, 3.63) is 59.1 Å². The zero-order valence-corrected chi connectivity index (χ0v) is 17.4. The maximum absolute atomic E-state index is 14.0. The van der Waals surface area contributed by atoms with E-state index in [2.05, 4.69) is 4.90 Å². The van der Waals surface area contributed by atoms with Gasteiger partial charge in [-0.05, 0) is 31.2 Å². The van der Waals surface area contributed by atoms with Crippen LogP contribution in [0.1, 0.15) is 21.7 Å². The Morgan fingerprint density at radius 3 is 2.53 bits per heavy atom. The third-order valence-electron chi connectivity index (χ3n) is 5.65. The van der Waals surface area contributed by atoms with Gasteiger partial charge in [0.25, 0.3) is 5.91 Å². The van der Waals surface area contributed by atoms with Crippen LogP contribution in [0, 0.1) is 12.7 Å². The highest BCUT2D eigenvalue weighted by molar-refractivity contribution is 5.99. The zero-order valence-electron chi connectivity index (χ0n) is 17.4. The molecule has 2 aromatic carbocycles. The molecule has 0 spiro atoms. The van der Waals surface area contributed by atoms with E-state index in [4.69, 9.17) is 13.9 Å². The van der Waals surface area contributed by atoms with Gasteiger partial charge in [0.05, 0.1) is 14.2 Å². The van der Waals surface area contributed by atoms with Crippen molar-refractivity contribution in [1.82, 2.24) is 9.80 Å². The van der Waals surface area contributed by atoms with Crippen LogP contribution in [0.15, 0.2) is 40.8 Å². The lowest BCUT2D eigenvalue weighted by atomic mass is 10.1. The standard InChI is InChI=1S/C23H25FN2O4/c1-15-18-5-4-6-19(24)22(18)30-21(15)23(27)26-11-9-25(10-12-26)14-16-13-17(28-2)7-8-20(16)29-3/h4-8,13H,9-12,14H2,1-3H3. The maximum atomic E-state index is 14.0. The number of halogens is 1. The molecular weight excluding hydrogens is 387 g/mol. The minimum Gasteiger partial charge on any atom is -0.497 e. The number of para-hydroxylation sites is 1. The summed E-state index contributed by atoms with van der Waals surface area (Å²) in [5.41, 5.74) is 1.86.